The van der Waals surface area contributed by atoms with Crippen LogP contribution in [-0.2, 0) is 0 Å². The molecule has 0 spiro atoms. The van der Waals surface area contributed by atoms with Crippen molar-refractivity contribution in [2.45, 2.75) is 39.2 Å². The van der Waals surface area contributed by atoms with Gasteiger partial charge in [-0.05, 0) is 68.4 Å². The maximum absolute atomic E-state index is 6.31. The number of anilines is 2. The first-order valence-corrected chi connectivity index (χ1v) is 11.3. The molecule has 0 amide bonds. The van der Waals surface area contributed by atoms with Crippen molar-refractivity contribution >= 4 is 34.8 Å². The van der Waals surface area contributed by atoms with E-state index in [4.69, 9.17) is 17.0 Å². The zero-order valence-corrected chi connectivity index (χ0v) is 19.0. The summed E-state index contributed by atoms with van der Waals surface area (Å²) in [6.07, 6.45) is 6.47. The number of nitrogens with zero attached hydrogens (tertiary/aromatic N) is 2. The second kappa shape index (κ2) is 8.68. The fraction of sp³-hybridized carbons (Fsp3) is 0.400. The third-order valence-electron chi connectivity index (χ3n) is 5.99. The van der Waals surface area contributed by atoms with Crippen LogP contribution in [0.15, 0.2) is 48.5 Å². The molecule has 4 nitrogen and oxygen atoms in total. The molecule has 1 unspecified atom stereocenters. The number of benzene rings is 2. The Morgan fingerprint density at radius 2 is 1.87 bits per heavy atom. The van der Waals surface area contributed by atoms with Gasteiger partial charge >= 0.3 is 0 Å². The monoisotopic (exact) mass is 421 g/mol. The maximum Gasteiger partial charge on any atom is 0.173 e. The van der Waals surface area contributed by atoms with Crippen molar-refractivity contribution < 1.29 is 4.74 Å². The van der Waals surface area contributed by atoms with Crippen LogP contribution in [0.4, 0.5) is 11.4 Å². The summed E-state index contributed by atoms with van der Waals surface area (Å²) in [6.45, 7) is 10.2. The van der Waals surface area contributed by atoms with E-state index in [0.717, 1.165) is 66.7 Å². The number of hydrogen-bond donors (Lipinski definition) is 1. The van der Waals surface area contributed by atoms with Crippen molar-refractivity contribution in [1.82, 2.24) is 4.90 Å². The summed E-state index contributed by atoms with van der Waals surface area (Å²) in [7, 11) is 0. The second-order valence-electron chi connectivity index (χ2n) is 8.44. The van der Waals surface area contributed by atoms with Gasteiger partial charge in [-0.2, -0.15) is 0 Å². The van der Waals surface area contributed by atoms with E-state index in [1.807, 2.05) is 0 Å². The first-order valence-electron chi connectivity index (χ1n) is 10.9. The van der Waals surface area contributed by atoms with Gasteiger partial charge in [0.2, 0.25) is 0 Å². The summed E-state index contributed by atoms with van der Waals surface area (Å²) in [5.41, 5.74) is 4.37. The van der Waals surface area contributed by atoms with Crippen LogP contribution in [0.1, 0.15) is 37.8 Å². The first kappa shape index (κ1) is 20.7. The van der Waals surface area contributed by atoms with E-state index in [9.17, 15) is 0 Å². The zero-order valence-electron chi connectivity index (χ0n) is 18.1. The van der Waals surface area contributed by atoms with Gasteiger partial charge in [-0.1, -0.05) is 37.6 Å². The van der Waals surface area contributed by atoms with Crippen LogP contribution in [0.2, 0.25) is 0 Å². The molecule has 0 bridgehead atoms. The number of piperazine rings is 1. The number of nitrogens with one attached hydrogen (secondary N) is 1. The highest BCUT2D eigenvalue weighted by molar-refractivity contribution is 7.80. The van der Waals surface area contributed by atoms with E-state index < -0.39 is 0 Å². The average molecular weight is 422 g/mol. The van der Waals surface area contributed by atoms with Crippen molar-refractivity contribution in [2.24, 2.45) is 0 Å². The Morgan fingerprint density at radius 1 is 1.13 bits per heavy atom. The molecular formula is C25H31N3OS. The molecule has 2 heterocycles. The van der Waals surface area contributed by atoms with E-state index in [1.165, 1.54) is 5.69 Å². The molecule has 0 aliphatic carbocycles. The predicted molar refractivity (Wildman–Crippen MR) is 131 cm³/mol. The third kappa shape index (κ3) is 4.46. The van der Waals surface area contributed by atoms with Crippen LogP contribution in [0.5, 0.6) is 5.75 Å². The van der Waals surface area contributed by atoms with Crippen LogP contribution < -0.4 is 15.0 Å². The second-order valence-corrected chi connectivity index (χ2v) is 8.83. The molecule has 0 aromatic heterocycles. The predicted octanol–water partition coefficient (Wildman–Crippen LogP) is 5.48. The molecule has 1 saturated heterocycles. The molecule has 2 aromatic rings. The SMILES string of the molecule is CCCC1(C)C=Cc2cc(NC(=S)N3CCN(c4ccccc4)CC3)c(C)cc2O1. The normalized spacial score (nSPS) is 20.5. The standard InChI is InChI=1S/C25H31N3OS/c1-4-11-25(3)12-10-20-18-22(19(2)17-23(20)29-25)26-24(30)28-15-13-27(14-16-28)21-8-6-5-7-9-21/h5-10,12,17-18H,4,11,13-16H2,1-3H3,(H,26,30). The molecule has 30 heavy (non-hydrogen) atoms. The summed E-state index contributed by atoms with van der Waals surface area (Å²) in [5.74, 6) is 0.957. The Morgan fingerprint density at radius 3 is 2.57 bits per heavy atom. The molecule has 2 aromatic carbocycles. The number of hydrogen-bond acceptors (Lipinski definition) is 3. The fourth-order valence-corrected chi connectivity index (χ4v) is 4.53. The van der Waals surface area contributed by atoms with E-state index in [2.05, 4.69) is 90.5 Å². The van der Waals surface area contributed by atoms with E-state index >= 15 is 0 Å². The lowest BCUT2D eigenvalue weighted by atomic mass is 9.95. The first-order chi connectivity index (χ1) is 14.5. The fourth-order valence-electron chi connectivity index (χ4n) is 4.23. The van der Waals surface area contributed by atoms with Crippen molar-refractivity contribution in [3.63, 3.8) is 0 Å². The largest absolute Gasteiger partial charge is 0.483 e. The van der Waals surface area contributed by atoms with Gasteiger partial charge in [-0.25, -0.2) is 0 Å². The molecule has 1 N–H and O–H groups in total. The van der Waals surface area contributed by atoms with Gasteiger partial charge in [-0.3, -0.25) is 0 Å². The van der Waals surface area contributed by atoms with Gasteiger partial charge in [0, 0.05) is 43.1 Å². The molecule has 4 rings (SSSR count). The highest BCUT2D eigenvalue weighted by Gasteiger charge is 2.27. The van der Waals surface area contributed by atoms with E-state index in [-0.39, 0.29) is 5.60 Å². The van der Waals surface area contributed by atoms with Crippen molar-refractivity contribution in [2.75, 3.05) is 36.4 Å². The molecule has 0 radical (unpaired) electrons. The highest BCUT2D eigenvalue weighted by Crippen LogP contribution is 2.36. The van der Waals surface area contributed by atoms with Gasteiger partial charge in [0.25, 0.3) is 0 Å². The summed E-state index contributed by atoms with van der Waals surface area (Å²) in [4.78, 5) is 4.68. The number of fused-ring (bicyclic) bond motifs is 1. The van der Waals surface area contributed by atoms with Crippen LogP contribution >= 0.6 is 12.2 Å². The molecule has 5 heteroatoms. The lowest BCUT2D eigenvalue weighted by molar-refractivity contribution is 0.126. The maximum atomic E-state index is 6.31. The van der Waals surface area contributed by atoms with Crippen molar-refractivity contribution in [3.8, 4) is 5.75 Å². The van der Waals surface area contributed by atoms with Gasteiger partial charge in [0.05, 0.1) is 0 Å². The number of rotatable bonds is 4. The quantitative estimate of drug-likeness (QED) is 0.660. The number of thiocarbonyl (C=S) groups is 1. The zero-order chi connectivity index (χ0) is 21.1. The minimum Gasteiger partial charge on any atom is -0.483 e. The Bertz CT molecular complexity index is 935. The van der Waals surface area contributed by atoms with Gasteiger partial charge in [0.1, 0.15) is 11.4 Å². The third-order valence-corrected chi connectivity index (χ3v) is 6.35. The minimum absolute atomic E-state index is 0.211. The van der Waals surface area contributed by atoms with Crippen LogP contribution in [0.3, 0.4) is 0 Å². The number of para-hydroxylation sites is 1. The Kier molecular flexibility index (Phi) is 6.00. The summed E-state index contributed by atoms with van der Waals surface area (Å²) in [6, 6.07) is 14.9. The van der Waals surface area contributed by atoms with Crippen LogP contribution in [-0.4, -0.2) is 41.8 Å². The van der Waals surface area contributed by atoms with Crippen LogP contribution in [0, 0.1) is 6.92 Å². The molecule has 158 valence electrons. The number of aryl methyl sites for hydroxylation is 1. The van der Waals surface area contributed by atoms with Crippen molar-refractivity contribution in [3.05, 3.63) is 59.7 Å². The van der Waals surface area contributed by atoms with Gasteiger partial charge in [-0.15, -0.1) is 0 Å². The summed E-state index contributed by atoms with van der Waals surface area (Å²) in [5, 5.41) is 4.27. The van der Waals surface area contributed by atoms with Crippen LogP contribution in [0.25, 0.3) is 6.08 Å². The molecule has 2 aliphatic rings. The number of ether oxygens (including phenoxy) is 1. The smallest absolute Gasteiger partial charge is 0.173 e. The lowest BCUT2D eigenvalue weighted by Crippen LogP contribution is -2.50. The minimum atomic E-state index is -0.211. The Hall–Kier alpha value is -2.53. The summed E-state index contributed by atoms with van der Waals surface area (Å²) < 4.78 is 6.31. The summed E-state index contributed by atoms with van der Waals surface area (Å²) >= 11 is 5.74. The topological polar surface area (TPSA) is 27.7 Å². The van der Waals surface area contributed by atoms with E-state index in [0.29, 0.717) is 0 Å². The average Bonchev–Trinajstić information content (AvgIpc) is 2.75. The van der Waals surface area contributed by atoms with Gasteiger partial charge in [0.15, 0.2) is 5.11 Å². The molecular weight excluding hydrogens is 390 g/mol. The Balaban J connectivity index is 1.40. The van der Waals surface area contributed by atoms with E-state index in [1.54, 1.807) is 0 Å². The lowest BCUT2D eigenvalue weighted by Gasteiger charge is -2.37. The molecule has 0 saturated carbocycles. The van der Waals surface area contributed by atoms with Gasteiger partial charge < -0.3 is 19.9 Å². The Labute approximate surface area is 185 Å². The molecule has 2 aliphatic heterocycles. The highest BCUT2D eigenvalue weighted by atomic mass is 32.1. The molecule has 1 fully saturated rings. The molecule has 1 atom stereocenters. The van der Waals surface area contributed by atoms with Crippen molar-refractivity contribution in [1.29, 1.82) is 0 Å².